The van der Waals surface area contributed by atoms with Crippen molar-refractivity contribution in [2.24, 2.45) is 0 Å². The molecule has 1 aliphatic heterocycles. The lowest BCUT2D eigenvalue weighted by Gasteiger charge is -2.25. The Bertz CT molecular complexity index is 976. The minimum absolute atomic E-state index is 0.000650. The SMILES string of the molecule is O=C(NC[C@H](c1ccco1)N1CCCC1)c1cnc(-c2ccccc2)[nH]c1=O. The van der Waals surface area contributed by atoms with Crippen molar-refractivity contribution in [3.05, 3.63) is 76.6 Å². The Morgan fingerprint density at radius 1 is 1.18 bits per heavy atom. The van der Waals surface area contributed by atoms with Crippen molar-refractivity contribution < 1.29 is 9.21 Å². The largest absolute Gasteiger partial charge is 0.468 e. The van der Waals surface area contributed by atoms with E-state index < -0.39 is 11.5 Å². The van der Waals surface area contributed by atoms with Crippen LogP contribution in [0.15, 0.2) is 64.1 Å². The molecule has 1 aliphatic rings. The van der Waals surface area contributed by atoms with Gasteiger partial charge in [0.2, 0.25) is 0 Å². The number of nitrogens with one attached hydrogen (secondary N) is 2. The second kappa shape index (κ2) is 8.22. The molecular formula is C21H22N4O3. The summed E-state index contributed by atoms with van der Waals surface area (Å²) in [5, 5.41) is 2.86. The van der Waals surface area contributed by atoms with Gasteiger partial charge >= 0.3 is 0 Å². The number of benzene rings is 1. The van der Waals surface area contributed by atoms with E-state index in [-0.39, 0.29) is 11.6 Å². The van der Waals surface area contributed by atoms with E-state index in [4.69, 9.17) is 4.42 Å². The predicted octanol–water partition coefficient (Wildman–Crippen LogP) is 2.60. The zero-order valence-electron chi connectivity index (χ0n) is 15.4. The molecule has 4 rings (SSSR count). The van der Waals surface area contributed by atoms with Crippen LogP contribution in [0.3, 0.4) is 0 Å². The first kappa shape index (κ1) is 18.2. The van der Waals surface area contributed by atoms with Gasteiger partial charge in [-0.25, -0.2) is 4.98 Å². The van der Waals surface area contributed by atoms with Gasteiger partial charge in [-0.3, -0.25) is 14.5 Å². The maximum atomic E-state index is 12.6. The highest BCUT2D eigenvalue weighted by molar-refractivity contribution is 5.93. The molecule has 28 heavy (non-hydrogen) atoms. The third kappa shape index (κ3) is 3.89. The summed E-state index contributed by atoms with van der Waals surface area (Å²) in [6.07, 6.45) is 5.23. The lowest BCUT2D eigenvalue weighted by molar-refractivity contribution is 0.0932. The molecule has 0 aliphatic carbocycles. The molecule has 1 atom stereocenters. The Kier molecular flexibility index (Phi) is 5.34. The number of rotatable bonds is 6. The number of H-pyrrole nitrogens is 1. The first-order valence-electron chi connectivity index (χ1n) is 9.43. The third-order valence-corrected chi connectivity index (χ3v) is 5.00. The molecule has 7 heteroatoms. The number of hydrogen-bond donors (Lipinski definition) is 2. The van der Waals surface area contributed by atoms with Crippen LogP contribution in [0, 0.1) is 0 Å². The fourth-order valence-corrected chi connectivity index (χ4v) is 3.53. The van der Waals surface area contributed by atoms with E-state index in [2.05, 4.69) is 20.2 Å². The number of carbonyl (C=O) groups is 1. The first-order chi connectivity index (χ1) is 13.7. The van der Waals surface area contributed by atoms with Crippen LogP contribution in [0.25, 0.3) is 11.4 Å². The van der Waals surface area contributed by atoms with Gasteiger partial charge in [0.1, 0.15) is 17.1 Å². The van der Waals surface area contributed by atoms with Gasteiger partial charge in [-0.2, -0.15) is 0 Å². The number of aromatic amines is 1. The van der Waals surface area contributed by atoms with Gasteiger partial charge in [-0.1, -0.05) is 30.3 Å². The minimum Gasteiger partial charge on any atom is -0.468 e. The highest BCUT2D eigenvalue weighted by Crippen LogP contribution is 2.24. The molecule has 3 aromatic rings. The molecular weight excluding hydrogens is 356 g/mol. The van der Waals surface area contributed by atoms with Crippen LogP contribution < -0.4 is 10.9 Å². The van der Waals surface area contributed by atoms with Gasteiger partial charge in [0.15, 0.2) is 0 Å². The molecule has 0 spiro atoms. The third-order valence-electron chi connectivity index (χ3n) is 5.00. The Labute approximate surface area is 162 Å². The van der Waals surface area contributed by atoms with E-state index in [9.17, 15) is 9.59 Å². The van der Waals surface area contributed by atoms with Crippen molar-refractivity contribution >= 4 is 5.91 Å². The maximum Gasteiger partial charge on any atom is 0.264 e. The Hall–Kier alpha value is -3.19. The molecule has 0 bridgehead atoms. The molecule has 0 unspecified atom stereocenters. The van der Waals surface area contributed by atoms with E-state index in [1.54, 1.807) is 6.26 Å². The monoisotopic (exact) mass is 378 g/mol. The zero-order chi connectivity index (χ0) is 19.3. The summed E-state index contributed by atoms with van der Waals surface area (Å²) in [7, 11) is 0. The Morgan fingerprint density at radius 3 is 2.64 bits per heavy atom. The minimum atomic E-state index is -0.456. The van der Waals surface area contributed by atoms with E-state index >= 15 is 0 Å². The molecule has 7 nitrogen and oxygen atoms in total. The smallest absolute Gasteiger partial charge is 0.264 e. The maximum absolute atomic E-state index is 12.6. The lowest BCUT2D eigenvalue weighted by Crippen LogP contribution is -2.38. The molecule has 1 saturated heterocycles. The van der Waals surface area contributed by atoms with Crippen LogP contribution in [0.1, 0.15) is 35.0 Å². The summed E-state index contributed by atoms with van der Waals surface area (Å²) < 4.78 is 5.56. The summed E-state index contributed by atoms with van der Waals surface area (Å²) in [5.41, 5.74) is 0.333. The van der Waals surface area contributed by atoms with Gasteiger partial charge in [-0.15, -0.1) is 0 Å². The summed E-state index contributed by atoms with van der Waals surface area (Å²) in [5.74, 6) is 0.811. The number of amides is 1. The second-order valence-corrected chi connectivity index (χ2v) is 6.82. The van der Waals surface area contributed by atoms with Gasteiger partial charge in [0.05, 0.1) is 12.3 Å². The van der Waals surface area contributed by atoms with Gasteiger partial charge in [0.25, 0.3) is 11.5 Å². The highest BCUT2D eigenvalue weighted by atomic mass is 16.3. The predicted molar refractivity (Wildman–Crippen MR) is 105 cm³/mol. The van der Waals surface area contributed by atoms with Crippen LogP contribution >= 0.6 is 0 Å². The summed E-state index contributed by atoms with van der Waals surface area (Å²) in [6.45, 7) is 2.30. The van der Waals surface area contributed by atoms with E-state index in [0.717, 1.165) is 37.3 Å². The van der Waals surface area contributed by atoms with Gasteiger partial charge < -0.3 is 14.7 Å². The number of likely N-dealkylation sites (tertiary alicyclic amines) is 1. The molecule has 2 aromatic heterocycles. The zero-order valence-corrected chi connectivity index (χ0v) is 15.4. The Morgan fingerprint density at radius 2 is 1.96 bits per heavy atom. The second-order valence-electron chi connectivity index (χ2n) is 6.82. The molecule has 2 N–H and O–H groups in total. The Balaban J connectivity index is 1.48. The fraction of sp³-hybridized carbons (Fsp3) is 0.286. The van der Waals surface area contributed by atoms with E-state index in [0.29, 0.717) is 12.4 Å². The summed E-state index contributed by atoms with van der Waals surface area (Å²) in [4.78, 5) is 34.2. The molecule has 0 radical (unpaired) electrons. The quantitative estimate of drug-likeness (QED) is 0.688. The standard InChI is InChI=1S/C21H22N4O3/c26-20(16-13-22-19(24-21(16)27)15-7-2-1-3-8-15)23-14-17(18-9-6-12-28-18)25-10-4-5-11-25/h1-3,6-9,12-13,17H,4-5,10-11,14H2,(H,23,26)(H,22,24,27)/t17-/m1/s1. The number of hydrogen-bond acceptors (Lipinski definition) is 5. The molecule has 0 saturated carbocycles. The van der Waals surface area contributed by atoms with E-state index in [1.165, 1.54) is 6.20 Å². The molecule has 1 fully saturated rings. The molecule has 1 aromatic carbocycles. The normalized spacial score (nSPS) is 15.4. The van der Waals surface area contributed by atoms with Crippen LogP contribution in [-0.4, -0.2) is 40.4 Å². The summed E-state index contributed by atoms with van der Waals surface area (Å²) >= 11 is 0. The summed E-state index contributed by atoms with van der Waals surface area (Å²) in [6, 6.07) is 13.0. The number of furan rings is 1. The number of nitrogens with zero attached hydrogens (tertiary/aromatic N) is 2. The number of carbonyl (C=O) groups excluding carboxylic acids is 1. The van der Waals surface area contributed by atoms with Crippen LogP contribution in [-0.2, 0) is 0 Å². The van der Waals surface area contributed by atoms with Gasteiger partial charge in [0, 0.05) is 18.3 Å². The van der Waals surface area contributed by atoms with Crippen molar-refractivity contribution in [2.45, 2.75) is 18.9 Å². The van der Waals surface area contributed by atoms with E-state index in [1.807, 2.05) is 42.5 Å². The number of aromatic nitrogens is 2. The first-order valence-corrected chi connectivity index (χ1v) is 9.43. The topological polar surface area (TPSA) is 91.2 Å². The fourth-order valence-electron chi connectivity index (χ4n) is 3.53. The molecule has 1 amide bonds. The van der Waals surface area contributed by atoms with Crippen molar-refractivity contribution in [3.8, 4) is 11.4 Å². The average molecular weight is 378 g/mol. The van der Waals surface area contributed by atoms with Crippen LogP contribution in [0.2, 0.25) is 0 Å². The van der Waals surface area contributed by atoms with Crippen molar-refractivity contribution in [3.63, 3.8) is 0 Å². The highest BCUT2D eigenvalue weighted by Gasteiger charge is 2.26. The molecule has 3 heterocycles. The van der Waals surface area contributed by atoms with Crippen molar-refractivity contribution in [1.29, 1.82) is 0 Å². The van der Waals surface area contributed by atoms with Gasteiger partial charge in [-0.05, 0) is 38.1 Å². The average Bonchev–Trinajstić information content (AvgIpc) is 3.43. The van der Waals surface area contributed by atoms with Crippen LogP contribution in [0.5, 0.6) is 0 Å². The molecule has 144 valence electrons. The van der Waals surface area contributed by atoms with Crippen molar-refractivity contribution in [1.82, 2.24) is 20.2 Å². The van der Waals surface area contributed by atoms with Crippen LogP contribution in [0.4, 0.5) is 0 Å². The van der Waals surface area contributed by atoms with Crippen molar-refractivity contribution in [2.75, 3.05) is 19.6 Å². The lowest BCUT2D eigenvalue weighted by atomic mass is 10.2.